The summed E-state index contributed by atoms with van der Waals surface area (Å²) in [4.78, 5) is 12.5. The molecule has 0 fully saturated rings. The Kier molecular flexibility index (Phi) is 7.60. The first kappa shape index (κ1) is 21.9. The van der Waals surface area contributed by atoms with Gasteiger partial charge in [0.1, 0.15) is 5.75 Å². The maximum atomic E-state index is 12.4. The Morgan fingerprint density at radius 2 is 1.71 bits per heavy atom. The lowest BCUT2D eigenvalue weighted by molar-refractivity contribution is 0.0950. The molecule has 1 amide bonds. The van der Waals surface area contributed by atoms with Gasteiger partial charge in [-0.2, -0.15) is 0 Å². The molecule has 0 saturated carbocycles. The Morgan fingerprint density at radius 1 is 1.04 bits per heavy atom. The summed E-state index contributed by atoms with van der Waals surface area (Å²) in [5.74, 6) is 0.912. The molecule has 0 aliphatic rings. The van der Waals surface area contributed by atoms with Crippen molar-refractivity contribution in [2.75, 3.05) is 6.61 Å². The standard InChI is InChI=1S/C21H28N2O4S/c1-15(2)14-27-19-10-8-17(9-11-19)13-22-21(24)18-6-5-7-20(12-18)28(25,26)23-16(3)4/h5-12,15-16,23H,13-14H2,1-4H3,(H,22,24). The van der Waals surface area contributed by atoms with E-state index in [-0.39, 0.29) is 16.8 Å². The van der Waals surface area contributed by atoms with E-state index in [2.05, 4.69) is 23.9 Å². The summed E-state index contributed by atoms with van der Waals surface area (Å²) in [6.07, 6.45) is 0. The second-order valence-electron chi connectivity index (χ2n) is 7.34. The summed E-state index contributed by atoms with van der Waals surface area (Å²) in [5.41, 5.74) is 1.22. The minimum absolute atomic E-state index is 0.0699. The van der Waals surface area contributed by atoms with Gasteiger partial charge in [-0.15, -0.1) is 0 Å². The fourth-order valence-electron chi connectivity index (χ4n) is 2.43. The molecule has 0 unspecified atom stereocenters. The average Bonchev–Trinajstić information content (AvgIpc) is 2.64. The highest BCUT2D eigenvalue weighted by Crippen LogP contribution is 2.14. The van der Waals surface area contributed by atoms with Crippen molar-refractivity contribution < 1.29 is 17.9 Å². The molecule has 0 atom stereocenters. The zero-order valence-corrected chi connectivity index (χ0v) is 17.5. The molecule has 0 spiro atoms. The lowest BCUT2D eigenvalue weighted by Crippen LogP contribution is -2.30. The minimum Gasteiger partial charge on any atom is -0.493 e. The molecule has 0 heterocycles. The van der Waals surface area contributed by atoms with Gasteiger partial charge >= 0.3 is 0 Å². The van der Waals surface area contributed by atoms with E-state index < -0.39 is 10.0 Å². The quantitative estimate of drug-likeness (QED) is 0.671. The van der Waals surface area contributed by atoms with Crippen LogP contribution in [0.5, 0.6) is 5.75 Å². The minimum atomic E-state index is -3.64. The lowest BCUT2D eigenvalue weighted by atomic mass is 10.2. The molecule has 2 N–H and O–H groups in total. The highest BCUT2D eigenvalue weighted by Gasteiger charge is 2.17. The third-order valence-corrected chi connectivity index (χ3v) is 5.41. The number of hydrogen-bond donors (Lipinski definition) is 2. The van der Waals surface area contributed by atoms with Gasteiger partial charge in [-0.25, -0.2) is 13.1 Å². The molecule has 2 aromatic rings. The predicted molar refractivity (Wildman–Crippen MR) is 110 cm³/mol. The Bertz CT molecular complexity index is 891. The van der Waals surface area contributed by atoms with Gasteiger partial charge in [0.2, 0.25) is 10.0 Å². The fraction of sp³-hybridized carbons (Fsp3) is 0.381. The average molecular weight is 405 g/mol. The Balaban J connectivity index is 1.99. The van der Waals surface area contributed by atoms with Crippen LogP contribution < -0.4 is 14.8 Å². The van der Waals surface area contributed by atoms with E-state index in [0.717, 1.165) is 11.3 Å². The summed E-state index contributed by atoms with van der Waals surface area (Å²) in [7, 11) is -3.64. The molecule has 28 heavy (non-hydrogen) atoms. The molecule has 2 rings (SSSR count). The van der Waals surface area contributed by atoms with Gasteiger partial charge < -0.3 is 10.1 Å². The largest absolute Gasteiger partial charge is 0.493 e. The van der Waals surface area contributed by atoms with Gasteiger partial charge in [0.05, 0.1) is 11.5 Å². The molecule has 0 aliphatic heterocycles. The van der Waals surface area contributed by atoms with E-state index in [9.17, 15) is 13.2 Å². The number of ether oxygens (including phenoxy) is 1. The molecule has 0 saturated heterocycles. The molecular weight excluding hydrogens is 376 g/mol. The first-order valence-corrected chi connectivity index (χ1v) is 10.8. The van der Waals surface area contributed by atoms with E-state index >= 15 is 0 Å². The monoisotopic (exact) mass is 404 g/mol. The summed E-state index contributed by atoms with van der Waals surface area (Å²) in [5, 5.41) is 2.81. The van der Waals surface area contributed by atoms with Crippen LogP contribution in [0.4, 0.5) is 0 Å². The van der Waals surface area contributed by atoms with Crippen molar-refractivity contribution in [3.05, 3.63) is 59.7 Å². The Morgan fingerprint density at radius 3 is 2.32 bits per heavy atom. The number of carbonyl (C=O) groups is 1. The first-order chi connectivity index (χ1) is 13.2. The van der Waals surface area contributed by atoms with Crippen molar-refractivity contribution in [2.24, 2.45) is 5.92 Å². The van der Waals surface area contributed by atoms with Crippen molar-refractivity contribution >= 4 is 15.9 Å². The van der Waals surface area contributed by atoms with Gasteiger partial charge in [-0.1, -0.05) is 32.0 Å². The van der Waals surface area contributed by atoms with Crippen LogP contribution in [0.1, 0.15) is 43.6 Å². The van der Waals surface area contributed by atoms with Crippen LogP contribution in [0.25, 0.3) is 0 Å². The summed E-state index contributed by atoms with van der Waals surface area (Å²) in [6, 6.07) is 13.3. The number of amides is 1. The molecule has 0 aliphatic carbocycles. The molecular formula is C21H28N2O4S. The van der Waals surface area contributed by atoms with Crippen LogP contribution in [0.3, 0.4) is 0 Å². The van der Waals surface area contributed by atoms with Gasteiger partial charge in [0.15, 0.2) is 0 Å². The molecule has 6 nitrogen and oxygen atoms in total. The molecule has 0 aromatic heterocycles. The van der Waals surface area contributed by atoms with E-state index in [1.54, 1.807) is 26.0 Å². The van der Waals surface area contributed by atoms with E-state index in [1.165, 1.54) is 12.1 Å². The van der Waals surface area contributed by atoms with E-state index in [1.807, 2.05) is 24.3 Å². The summed E-state index contributed by atoms with van der Waals surface area (Å²) >= 11 is 0. The number of rotatable bonds is 9. The maximum Gasteiger partial charge on any atom is 0.251 e. The van der Waals surface area contributed by atoms with Crippen LogP contribution in [-0.4, -0.2) is 27.0 Å². The second-order valence-corrected chi connectivity index (χ2v) is 9.05. The van der Waals surface area contributed by atoms with Crippen molar-refractivity contribution in [2.45, 2.75) is 45.2 Å². The Labute approximate surface area is 167 Å². The smallest absolute Gasteiger partial charge is 0.251 e. The maximum absolute atomic E-state index is 12.4. The Hall–Kier alpha value is -2.38. The highest BCUT2D eigenvalue weighted by molar-refractivity contribution is 7.89. The van der Waals surface area contributed by atoms with Crippen LogP contribution in [0, 0.1) is 5.92 Å². The predicted octanol–water partition coefficient (Wildman–Crippen LogP) is 3.34. The van der Waals surface area contributed by atoms with Crippen molar-refractivity contribution in [1.29, 1.82) is 0 Å². The van der Waals surface area contributed by atoms with Crippen molar-refractivity contribution in [3.63, 3.8) is 0 Å². The van der Waals surface area contributed by atoms with Crippen molar-refractivity contribution in [1.82, 2.24) is 10.0 Å². The number of hydrogen-bond acceptors (Lipinski definition) is 4. The first-order valence-electron chi connectivity index (χ1n) is 9.29. The topological polar surface area (TPSA) is 84.5 Å². The number of carbonyl (C=O) groups excluding carboxylic acids is 1. The number of benzene rings is 2. The second kappa shape index (κ2) is 9.71. The SMILES string of the molecule is CC(C)COc1ccc(CNC(=O)c2cccc(S(=O)(=O)NC(C)C)c2)cc1. The van der Waals surface area contributed by atoms with Crippen molar-refractivity contribution in [3.8, 4) is 5.75 Å². The van der Waals surface area contributed by atoms with Crippen LogP contribution >= 0.6 is 0 Å². The molecule has 152 valence electrons. The van der Waals surface area contributed by atoms with Crippen LogP contribution in [-0.2, 0) is 16.6 Å². The fourth-order valence-corrected chi connectivity index (χ4v) is 3.73. The van der Waals surface area contributed by atoms with Gasteiger partial charge in [0, 0.05) is 18.2 Å². The molecule has 7 heteroatoms. The van der Waals surface area contributed by atoms with Crippen LogP contribution in [0.15, 0.2) is 53.4 Å². The zero-order chi connectivity index (χ0) is 20.7. The van der Waals surface area contributed by atoms with Gasteiger partial charge in [0.25, 0.3) is 5.91 Å². The van der Waals surface area contributed by atoms with E-state index in [4.69, 9.17) is 4.74 Å². The van der Waals surface area contributed by atoms with Crippen LogP contribution in [0.2, 0.25) is 0 Å². The van der Waals surface area contributed by atoms with E-state index in [0.29, 0.717) is 24.6 Å². The van der Waals surface area contributed by atoms with Gasteiger partial charge in [-0.05, 0) is 55.7 Å². The molecule has 2 aromatic carbocycles. The normalized spacial score (nSPS) is 11.6. The number of sulfonamides is 1. The lowest BCUT2D eigenvalue weighted by Gasteiger charge is -2.11. The van der Waals surface area contributed by atoms with Gasteiger partial charge in [-0.3, -0.25) is 4.79 Å². The summed E-state index contributed by atoms with van der Waals surface area (Å²) in [6.45, 7) is 8.65. The molecule has 0 bridgehead atoms. The third kappa shape index (κ3) is 6.65. The third-order valence-electron chi connectivity index (χ3n) is 3.76. The number of nitrogens with one attached hydrogen (secondary N) is 2. The molecule has 0 radical (unpaired) electrons. The highest BCUT2D eigenvalue weighted by atomic mass is 32.2. The zero-order valence-electron chi connectivity index (χ0n) is 16.7. The summed E-state index contributed by atoms with van der Waals surface area (Å²) < 4.78 is 32.7.